The van der Waals surface area contributed by atoms with E-state index in [-0.39, 0.29) is 18.6 Å². The summed E-state index contributed by atoms with van der Waals surface area (Å²) in [5.74, 6) is 0.527. The fourth-order valence-electron chi connectivity index (χ4n) is 2.56. The van der Waals surface area contributed by atoms with Crippen LogP contribution in [0.5, 0.6) is 5.75 Å². The van der Waals surface area contributed by atoms with E-state index >= 15 is 0 Å². The third-order valence-corrected chi connectivity index (χ3v) is 3.69. The van der Waals surface area contributed by atoms with Crippen LogP contribution in [0.3, 0.4) is 0 Å². The molecule has 2 rings (SSSR count). The second-order valence-corrected chi connectivity index (χ2v) is 5.48. The van der Waals surface area contributed by atoms with Crippen LogP contribution in [0.4, 0.5) is 0 Å². The van der Waals surface area contributed by atoms with Crippen LogP contribution >= 0.6 is 0 Å². The van der Waals surface area contributed by atoms with E-state index in [1.165, 1.54) is 0 Å². The Labute approximate surface area is 120 Å². The summed E-state index contributed by atoms with van der Waals surface area (Å²) in [4.78, 5) is 11.9. The van der Waals surface area contributed by atoms with Crippen LogP contribution in [-0.4, -0.2) is 29.8 Å². The molecule has 2 N–H and O–H groups in total. The zero-order valence-electron chi connectivity index (χ0n) is 12.0. The summed E-state index contributed by atoms with van der Waals surface area (Å²) in [5.41, 5.74) is 1.10. The molecule has 1 amide bonds. The van der Waals surface area contributed by atoms with Gasteiger partial charge in [-0.1, -0.05) is 31.4 Å². The summed E-state index contributed by atoms with van der Waals surface area (Å²) in [5, 5.41) is 12.8. The molecular formula is C16H23NO3. The van der Waals surface area contributed by atoms with Gasteiger partial charge >= 0.3 is 0 Å². The molecule has 0 aromatic heterocycles. The summed E-state index contributed by atoms with van der Waals surface area (Å²) in [6.07, 6.45) is 4.40. The van der Waals surface area contributed by atoms with Gasteiger partial charge in [0.15, 0.2) is 6.61 Å². The summed E-state index contributed by atoms with van der Waals surface area (Å²) >= 11 is 0. The van der Waals surface area contributed by atoms with E-state index in [4.69, 9.17) is 4.74 Å². The predicted octanol–water partition coefficient (Wildman–Crippen LogP) is 2.18. The molecule has 0 radical (unpaired) electrons. The van der Waals surface area contributed by atoms with Gasteiger partial charge in [-0.15, -0.1) is 0 Å². The first kappa shape index (κ1) is 14.9. The molecule has 20 heavy (non-hydrogen) atoms. The van der Waals surface area contributed by atoms with E-state index < -0.39 is 6.10 Å². The Kier molecular flexibility index (Phi) is 5.41. The average Bonchev–Trinajstić information content (AvgIpc) is 2.62. The molecule has 0 spiro atoms. The number of aliphatic hydroxyl groups is 1. The molecule has 4 heteroatoms. The zero-order valence-corrected chi connectivity index (χ0v) is 12.0. The molecular weight excluding hydrogens is 254 g/mol. The minimum Gasteiger partial charge on any atom is -0.484 e. The lowest BCUT2D eigenvalue weighted by Crippen LogP contribution is -2.44. The van der Waals surface area contributed by atoms with E-state index in [2.05, 4.69) is 5.32 Å². The van der Waals surface area contributed by atoms with Gasteiger partial charge in [-0.2, -0.15) is 0 Å². The first-order valence-corrected chi connectivity index (χ1v) is 7.32. The van der Waals surface area contributed by atoms with Crippen LogP contribution in [-0.2, 0) is 4.79 Å². The Morgan fingerprint density at radius 2 is 2.15 bits per heavy atom. The molecule has 1 saturated carbocycles. The number of amides is 1. The van der Waals surface area contributed by atoms with E-state index in [1.807, 2.05) is 31.2 Å². The lowest BCUT2D eigenvalue weighted by Gasteiger charge is -2.21. The Morgan fingerprint density at radius 3 is 2.95 bits per heavy atom. The average molecular weight is 277 g/mol. The van der Waals surface area contributed by atoms with E-state index in [1.54, 1.807) is 0 Å². The van der Waals surface area contributed by atoms with E-state index in [0.717, 1.165) is 37.7 Å². The number of carbonyl (C=O) groups excluding carboxylic acids is 1. The fourth-order valence-corrected chi connectivity index (χ4v) is 2.56. The second-order valence-electron chi connectivity index (χ2n) is 5.48. The highest BCUT2D eigenvalue weighted by atomic mass is 16.5. The summed E-state index contributed by atoms with van der Waals surface area (Å²) in [6.45, 7) is 1.97. The van der Waals surface area contributed by atoms with Crippen LogP contribution in [0.2, 0.25) is 0 Å². The summed E-state index contributed by atoms with van der Waals surface area (Å²) in [7, 11) is 0. The quantitative estimate of drug-likeness (QED) is 0.829. The highest BCUT2D eigenvalue weighted by Crippen LogP contribution is 2.18. The highest BCUT2D eigenvalue weighted by molar-refractivity contribution is 5.77. The van der Waals surface area contributed by atoms with E-state index in [9.17, 15) is 9.90 Å². The number of rotatable bonds is 4. The van der Waals surface area contributed by atoms with Gasteiger partial charge in [-0.05, 0) is 37.5 Å². The number of aliphatic hydroxyl groups excluding tert-OH is 1. The van der Waals surface area contributed by atoms with Gasteiger partial charge in [0.1, 0.15) is 5.75 Å². The van der Waals surface area contributed by atoms with Crippen LogP contribution in [0.1, 0.15) is 37.7 Å². The van der Waals surface area contributed by atoms with Gasteiger partial charge < -0.3 is 15.2 Å². The molecule has 110 valence electrons. The monoisotopic (exact) mass is 277 g/mol. The number of ether oxygens (including phenoxy) is 1. The largest absolute Gasteiger partial charge is 0.484 e. The third-order valence-electron chi connectivity index (χ3n) is 3.69. The Bertz CT molecular complexity index is 447. The van der Waals surface area contributed by atoms with Crippen molar-refractivity contribution in [2.75, 3.05) is 6.61 Å². The van der Waals surface area contributed by atoms with Gasteiger partial charge in [0, 0.05) is 0 Å². The van der Waals surface area contributed by atoms with Crippen molar-refractivity contribution in [3.63, 3.8) is 0 Å². The van der Waals surface area contributed by atoms with Crippen LogP contribution in [0, 0.1) is 6.92 Å². The van der Waals surface area contributed by atoms with E-state index in [0.29, 0.717) is 5.75 Å². The molecule has 0 heterocycles. The number of benzene rings is 1. The van der Waals surface area contributed by atoms with Gasteiger partial charge in [0.2, 0.25) is 0 Å². The molecule has 1 aromatic carbocycles. The van der Waals surface area contributed by atoms with Crippen LogP contribution < -0.4 is 10.1 Å². The Balaban J connectivity index is 1.80. The van der Waals surface area contributed by atoms with Gasteiger partial charge in [-0.3, -0.25) is 4.79 Å². The Morgan fingerprint density at radius 1 is 1.35 bits per heavy atom. The maximum Gasteiger partial charge on any atom is 0.258 e. The maximum atomic E-state index is 11.9. The smallest absolute Gasteiger partial charge is 0.258 e. The van der Waals surface area contributed by atoms with Crippen molar-refractivity contribution in [3.05, 3.63) is 29.8 Å². The summed E-state index contributed by atoms with van der Waals surface area (Å²) < 4.78 is 5.46. The van der Waals surface area contributed by atoms with Crippen LogP contribution in [0.25, 0.3) is 0 Å². The molecule has 0 bridgehead atoms. The molecule has 1 fully saturated rings. The van der Waals surface area contributed by atoms with Crippen molar-refractivity contribution in [2.45, 2.75) is 51.2 Å². The van der Waals surface area contributed by atoms with Crippen molar-refractivity contribution in [1.29, 1.82) is 0 Å². The topological polar surface area (TPSA) is 58.6 Å². The number of hydrogen-bond acceptors (Lipinski definition) is 3. The predicted molar refractivity (Wildman–Crippen MR) is 77.7 cm³/mol. The fraction of sp³-hybridized carbons (Fsp3) is 0.562. The van der Waals surface area contributed by atoms with Crippen molar-refractivity contribution < 1.29 is 14.6 Å². The molecule has 0 aliphatic heterocycles. The highest BCUT2D eigenvalue weighted by Gasteiger charge is 2.23. The van der Waals surface area contributed by atoms with Crippen LogP contribution in [0.15, 0.2) is 24.3 Å². The molecule has 1 aliphatic carbocycles. The minimum atomic E-state index is -0.430. The molecule has 1 aliphatic rings. The van der Waals surface area contributed by atoms with Crippen molar-refractivity contribution in [3.8, 4) is 5.75 Å². The van der Waals surface area contributed by atoms with Crippen molar-refractivity contribution >= 4 is 5.91 Å². The number of aryl methyl sites for hydroxylation is 1. The maximum absolute atomic E-state index is 11.9. The Hall–Kier alpha value is -1.55. The summed E-state index contributed by atoms with van der Waals surface area (Å²) in [6, 6.07) is 7.48. The normalized spacial score (nSPS) is 22.9. The second kappa shape index (κ2) is 7.29. The molecule has 0 saturated heterocycles. The van der Waals surface area contributed by atoms with Gasteiger partial charge in [-0.25, -0.2) is 0 Å². The SMILES string of the molecule is Cc1cccc(OCC(=O)NC2CCCCCC2O)c1. The zero-order chi connectivity index (χ0) is 14.4. The number of carbonyl (C=O) groups is 1. The number of nitrogens with one attached hydrogen (secondary N) is 1. The lowest BCUT2D eigenvalue weighted by molar-refractivity contribution is -0.124. The molecule has 4 nitrogen and oxygen atoms in total. The minimum absolute atomic E-state index is 0.00727. The first-order valence-electron chi connectivity index (χ1n) is 7.32. The third kappa shape index (κ3) is 4.53. The van der Waals surface area contributed by atoms with Gasteiger partial charge in [0.25, 0.3) is 5.91 Å². The molecule has 1 aromatic rings. The lowest BCUT2D eigenvalue weighted by atomic mass is 10.1. The first-order chi connectivity index (χ1) is 9.65. The molecule has 2 unspecified atom stereocenters. The standard InChI is InChI=1S/C16H23NO3/c1-12-6-5-7-13(10-12)20-11-16(19)17-14-8-3-2-4-9-15(14)18/h5-7,10,14-15,18H,2-4,8-9,11H2,1H3,(H,17,19). The molecule has 2 atom stereocenters. The van der Waals surface area contributed by atoms with Gasteiger partial charge in [0.05, 0.1) is 12.1 Å². The van der Waals surface area contributed by atoms with Crippen molar-refractivity contribution in [2.24, 2.45) is 0 Å². The number of hydrogen-bond donors (Lipinski definition) is 2. The van der Waals surface area contributed by atoms with Crippen molar-refractivity contribution in [1.82, 2.24) is 5.32 Å².